The number of phenolic OH excluding ortho intramolecular Hbond substituents is 1. The lowest BCUT2D eigenvalue weighted by molar-refractivity contribution is 0.0729. The number of rotatable bonds is 2. The number of benzene rings is 2. The lowest BCUT2D eigenvalue weighted by atomic mass is 10.2. The van der Waals surface area contributed by atoms with Crippen LogP contribution in [0, 0.1) is 0 Å². The Labute approximate surface area is 103 Å². The summed E-state index contributed by atoms with van der Waals surface area (Å²) in [7, 11) is 0. The SMILES string of the molecule is O=C(Oc1cc(Cl)ccc1O)c1ccccc1. The summed E-state index contributed by atoms with van der Waals surface area (Å²) in [5.74, 6) is -0.617. The van der Waals surface area contributed by atoms with Crippen LogP contribution >= 0.6 is 11.6 Å². The molecule has 2 rings (SSSR count). The Kier molecular flexibility index (Phi) is 3.30. The minimum atomic E-state index is -0.539. The predicted octanol–water partition coefficient (Wildman–Crippen LogP) is 3.26. The monoisotopic (exact) mass is 248 g/mol. The van der Waals surface area contributed by atoms with Crippen molar-refractivity contribution in [3.05, 3.63) is 59.1 Å². The summed E-state index contributed by atoms with van der Waals surface area (Å²) in [6, 6.07) is 12.8. The maximum atomic E-state index is 11.7. The van der Waals surface area contributed by atoms with E-state index in [1.165, 1.54) is 18.2 Å². The van der Waals surface area contributed by atoms with Gasteiger partial charge in [-0.1, -0.05) is 29.8 Å². The van der Waals surface area contributed by atoms with Crippen LogP contribution in [-0.2, 0) is 0 Å². The molecule has 0 atom stereocenters. The fraction of sp³-hybridized carbons (Fsp3) is 0. The minimum Gasteiger partial charge on any atom is -0.504 e. The molecule has 0 bridgehead atoms. The van der Waals surface area contributed by atoms with Gasteiger partial charge in [0, 0.05) is 11.1 Å². The third-order valence-corrected chi connectivity index (χ3v) is 2.37. The summed E-state index contributed by atoms with van der Waals surface area (Å²) in [5, 5.41) is 9.88. The van der Waals surface area contributed by atoms with Crippen molar-refractivity contribution in [1.29, 1.82) is 0 Å². The number of esters is 1. The van der Waals surface area contributed by atoms with E-state index in [9.17, 15) is 9.90 Å². The van der Waals surface area contributed by atoms with E-state index < -0.39 is 5.97 Å². The molecule has 4 heteroatoms. The van der Waals surface area contributed by atoms with Gasteiger partial charge in [-0.2, -0.15) is 0 Å². The van der Waals surface area contributed by atoms with E-state index in [1.54, 1.807) is 30.3 Å². The van der Waals surface area contributed by atoms with Gasteiger partial charge in [0.15, 0.2) is 11.5 Å². The highest BCUT2D eigenvalue weighted by molar-refractivity contribution is 6.30. The summed E-state index contributed by atoms with van der Waals surface area (Å²) in [5.41, 5.74) is 0.409. The van der Waals surface area contributed by atoms with Crippen molar-refractivity contribution in [2.45, 2.75) is 0 Å². The molecule has 2 aromatic carbocycles. The molecule has 0 heterocycles. The summed E-state index contributed by atoms with van der Waals surface area (Å²) >= 11 is 5.74. The highest BCUT2D eigenvalue weighted by Gasteiger charge is 2.11. The Balaban J connectivity index is 2.22. The number of hydrogen-bond acceptors (Lipinski definition) is 3. The predicted molar refractivity (Wildman–Crippen MR) is 64.5 cm³/mol. The van der Waals surface area contributed by atoms with E-state index in [-0.39, 0.29) is 11.5 Å². The van der Waals surface area contributed by atoms with E-state index in [4.69, 9.17) is 16.3 Å². The molecule has 0 unspecified atom stereocenters. The van der Waals surface area contributed by atoms with Crippen molar-refractivity contribution >= 4 is 17.6 Å². The smallest absolute Gasteiger partial charge is 0.343 e. The summed E-state index contributed by atoms with van der Waals surface area (Å²) < 4.78 is 5.04. The number of carbonyl (C=O) groups is 1. The molecule has 3 nitrogen and oxygen atoms in total. The van der Waals surface area contributed by atoms with Crippen LogP contribution in [0.2, 0.25) is 5.02 Å². The van der Waals surface area contributed by atoms with Crippen molar-refractivity contribution in [2.75, 3.05) is 0 Å². The molecular formula is C13H9ClO3. The minimum absolute atomic E-state index is 0.0475. The van der Waals surface area contributed by atoms with Gasteiger partial charge in [-0.05, 0) is 24.3 Å². The number of aromatic hydroxyl groups is 1. The molecule has 0 radical (unpaired) electrons. The zero-order chi connectivity index (χ0) is 12.3. The summed E-state index contributed by atoms with van der Waals surface area (Å²) in [4.78, 5) is 11.7. The molecule has 0 amide bonds. The molecule has 1 N–H and O–H groups in total. The lowest BCUT2D eigenvalue weighted by Crippen LogP contribution is -2.08. The second-order valence-corrected chi connectivity index (χ2v) is 3.80. The Bertz CT molecular complexity index is 538. The molecule has 0 spiro atoms. The van der Waals surface area contributed by atoms with Gasteiger partial charge in [-0.25, -0.2) is 4.79 Å². The number of carbonyl (C=O) groups excluding carboxylic acids is 1. The van der Waals surface area contributed by atoms with Crippen molar-refractivity contribution < 1.29 is 14.6 Å². The molecule has 0 aliphatic carbocycles. The average molecular weight is 249 g/mol. The van der Waals surface area contributed by atoms with Crippen LogP contribution in [0.1, 0.15) is 10.4 Å². The van der Waals surface area contributed by atoms with Crippen molar-refractivity contribution in [3.63, 3.8) is 0 Å². The van der Waals surface area contributed by atoms with Gasteiger partial charge in [0.25, 0.3) is 0 Å². The van der Waals surface area contributed by atoms with E-state index in [2.05, 4.69) is 0 Å². The van der Waals surface area contributed by atoms with Gasteiger partial charge in [-0.3, -0.25) is 0 Å². The maximum Gasteiger partial charge on any atom is 0.343 e. The van der Waals surface area contributed by atoms with Crippen LogP contribution < -0.4 is 4.74 Å². The second kappa shape index (κ2) is 4.89. The molecule has 0 saturated carbocycles. The second-order valence-electron chi connectivity index (χ2n) is 3.37. The molecule has 0 saturated heterocycles. The van der Waals surface area contributed by atoms with Crippen LogP contribution in [0.15, 0.2) is 48.5 Å². The highest BCUT2D eigenvalue weighted by atomic mass is 35.5. The maximum absolute atomic E-state index is 11.7. The average Bonchev–Trinajstić information content (AvgIpc) is 2.35. The van der Waals surface area contributed by atoms with Gasteiger partial charge in [0.2, 0.25) is 0 Å². The number of halogens is 1. The Morgan fingerprint density at radius 1 is 1.12 bits per heavy atom. The first-order valence-corrected chi connectivity index (χ1v) is 5.30. The van der Waals surface area contributed by atoms with Gasteiger partial charge >= 0.3 is 5.97 Å². The van der Waals surface area contributed by atoms with E-state index >= 15 is 0 Å². The first kappa shape index (κ1) is 11.5. The van der Waals surface area contributed by atoms with Gasteiger partial charge in [-0.15, -0.1) is 0 Å². The first-order chi connectivity index (χ1) is 8.16. The highest BCUT2D eigenvalue weighted by Crippen LogP contribution is 2.29. The van der Waals surface area contributed by atoms with Crippen LogP contribution in [-0.4, -0.2) is 11.1 Å². The zero-order valence-electron chi connectivity index (χ0n) is 8.76. The van der Waals surface area contributed by atoms with Crippen LogP contribution in [0.4, 0.5) is 0 Å². The third kappa shape index (κ3) is 2.77. The molecule has 2 aromatic rings. The number of ether oxygens (including phenoxy) is 1. The standard InChI is InChI=1S/C13H9ClO3/c14-10-6-7-11(15)12(8-10)17-13(16)9-4-2-1-3-5-9/h1-8,15H. The van der Waals surface area contributed by atoms with Gasteiger partial charge in [0.1, 0.15) is 0 Å². The van der Waals surface area contributed by atoms with E-state index in [1.807, 2.05) is 0 Å². The quantitative estimate of drug-likeness (QED) is 0.655. The molecule has 0 aromatic heterocycles. The van der Waals surface area contributed by atoms with Crippen molar-refractivity contribution in [3.8, 4) is 11.5 Å². The Morgan fingerprint density at radius 2 is 1.82 bits per heavy atom. The van der Waals surface area contributed by atoms with E-state index in [0.29, 0.717) is 10.6 Å². The lowest BCUT2D eigenvalue weighted by Gasteiger charge is -2.06. The first-order valence-electron chi connectivity index (χ1n) is 4.92. The van der Waals surface area contributed by atoms with Crippen LogP contribution in [0.5, 0.6) is 11.5 Å². The molecule has 0 aliphatic heterocycles. The largest absolute Gasteiger partial charge is 0.504 e. The van der Waals surface area contributed by atoms with Gasteiger partial charge < -0.3 is 9.84 Å². The van der Waals surface area contributed by atoms with Crippen LogP contribution in [0.25, 0.3) is 0 Å². The molecule has 86 valence electrons. The normalized spacial score (nSPS) is 9.94. The molecule has 17 heavy (non-hydrogen) atoms. The summed E-state index contributed by atoms with van der Waals surface area (Å²) in [6.07, 6.45) is 0. The Hall–Kier alpha value is -2.00. The fourth-order valence-electron chi connectivity index (χ4n) is 1.30. The topological polar surface area (TPSA) is 46.5 Å². The Morgan fingerprint density at radius 3 is 2.53 bits per heavy atom. The zero-order valence-corrected chi connectivity index (χ0v) is 9.52. The fourth-order valence-corrected chi connectivity index (χ4v) is 1.46. The molecule has 0 fully saturated rings. The number of phenols is 1. The van der Waals surface area contributed by atoms with Gasteiger partial charge in [0.05, 0.1) is 5.56 Å². The van der Waals surface area contributed by atoms with Crippen molar-refractivity contribution in [2.24, 2.45) is 0 Å². The van der Waals surface area contributed by atoms with Crippen molar-refractivity contribution in [1.82, 2.24) is 0 Å². The third-order valence-electron chi connectivity index (χ3n) is 2.13. The molecular weight excluding hydrogens is 240 g/mol. The number of hydrogen-bond donors (Lipinski definition) is 1. The van der Waals surface area contributed by atoms with Crippen LogP contribution in [0.3, 0.4) is 0 Å². The van der Waals surface area contributed by atoms with E-state index in [0.717, 1.165) is 0 Å². The molecule has 0 aliphatic rings. The summed E-state index contributed by atoms with van der Waals surface area (Å²) in [6.45, 7) is 0.